The number of hydrogen-bond donors (Lipinski definition) is 0. The summed E-state index contributed by atoms with van der Waals surface area (Å²) in [6.45, 7) is 19.2. The van der Waals surface area contributed by atoms with Crippen LogP contribution in [-0.2, 0) is 29.8 Å². The first kappa shape index (κ1) is 38.6. The van der Waals surface area contributed by atoms with E-state index in [-0.39, 0.29) is 41.3 Å². The zero-order valence-corrected chi connectivity index (χ0v) is 32.3. The van der Waals surface area contributed by atoms with Crippen LogP contribution in [0.15, 0.2) is 97.1 Å². The van der Waals surface area contributed by atoms with Crippen LogP contribution < -0.4 is 18.9 Å². The summed E-state index contributed by atoms with van der Waals surface area (Å²) >= 11 is 0. The summed E-state index contributed by atoms with van der Waals surface area (Å²) in [5.74, 6) is 3.37. The molecule has 8 heteroatoms. The predicted molar refractivity (Wildman–Crippen MR) is 207 cm³/mol. The van der Waals surface area contributed by atoms with Crippen molar-refractivity contribution in [3.05, 3.63) is 119 Å². The van der Waals surface area contributed by atoms with Gasteiger partial charge in [-0.1, -0.05) is 76.2 Å². The van der Waals surface area contributed by atoms with Gasteiger partial charge in [0.15, 0.2) is 0 Å². The van der Waals surface area contributed by atoms with Crippen LogP contribution in [0.5, 0.6) is 23.0 Å². The Kier molecular flexibility index (Phi) is 12.7. The minimum absolute atomic E-state index is 0.0791. The molecule has 5 atom stereocenters. The van der Waals surface area contributed by atoms with Gasteiger partial charge in [-0.3, -0.25) is 0 Å². The first-order valence-corrected chi connectivity index (χ1v) is 18.9. The summed E-state index contributed by atoms with van der Waals surface area (Å²) in [7, 11) is 0. The fourth-order valence-corrected chi connectivity index (χ4v) is 6.16. The molecule has 0 aliphatic carbocycles. The second-order valence-corrected chi connectivity index (χ2v) is 15.4. The van der Waals surface area contributed by atoms with Gasteiger partial charge < -0.3 is 37.9 Å². The molecule has 4 aromatic rings. The molecule has 6 rings (SSSR count). The Bertz CT molecular complexity index is 1690. The summed E-state index contributed by atoms with van der Waals surface area (Å²) in [4.78, 5) is 0. The van der Waals surface area contributed by atoms with Crippen LogP contribution in [0, 0.1) is 0 Å². The first-order valence-electron chi connectivity index (χ1n) is 18.9. The molecule has 8 nitrogen and oxygen atoms in total. The third-order valence-electron chi connectivity index (χ3n) is 9.98. The van der Waals surface area contributed by atoms with Crippen molar-refractivity contribution in [1.29, 1.82) is 0 Å². The SMILES string of the molecule is CC(COCC(C)Oc1ccc(C(C)(C)c2ccc(OCC3CO3)cc2)cc1)OCC(C)Oc1ccc(C(C)(C)c2ccc(OCC3CO3)cc2)cc1. The monoisotopic (exact) mass is 724 g/mol. The minimum atomic E-state index is -0.166. The van der Waals surface area contributed by atoms with E-state index in [4.69, 9.17) is 37.9 Å². The van der Waals surface area contributed by atoms with Gasteiger partial charge in [0.05, 0.1) is 39.1 Å². The van der Waals surface area contributed by atoms with Crippen LogP contribution in [0.1, 0.15) is 70.7 Å². The van der Waals surface area contributed by atoms with E-state index in [1.165, 1.54) is 22.3 Å². The van der Waals surface area contributed by atoms with E-state index in [0.717, 1.165) is 36.2 Å². The number of hydrogen-bond acceptors (Lipinski definition) is 8. The lowest BCUT2D eigenvalue weighted by Gasteiger charge is -2.27. The Morgan fingerprint density at radius 3 is 1.17 bits per heavy atom. The molecule has 5 unspecified atom stereocenters. The van der Waals surface area contributed by atoms with E-state index in [0.29, 0.717) is 33.0 Å². The molecule has 0 bridgehead atoms. The fourth-order valence-electron chi connectivity index (χ4n) is 6.16. The van der Waals surface area contributed by atoms with E-state index >= 15 is 0 Å². The average Bonchev–Trinajstić information content (AvgIpc) is 4.10. The molecule has 0 radical (unpaired) electrons. The van der Waals surface area contributed by atoms with Gasteiger partial charge in [0.2, 0.25) is 0 Å². The molecule has 284 valence electrons. The van der Waals surface area contributed by atoms with E-state index < -0.39 is 0 Å². The number of rotatable bonds is 21. The Morgan fingerprint density at radius 2 is 0.811 bits per heavy atom. The van der Waals surface area contributed by atoms with Crippen molar-refractivity contribution in [2.45, 2.75) is 89.8 Å². The maximum absolute atomic E-state index is 6.17. The third-order valence-corrected chi connectivity index (χ3v) is 9.98. The summed E-state index contributed by atoms with van der Waals surface area (Å²) in [5, 5.41) is 0. The molecular formula is C45H56O8. The Labute approximate surface area is 315 Å². The molecule has 0 amide bonds. The lowest BCUT2D eigenvalue weighted by molar-refractivity contribution is -0.0428. The lowest BCUT2D eigenvalue weighted by Crippen LogP contribution is -2.27. The topological polar surface area (TPSA) is 80.4 Å². The van der Waals surface area contributed by atoms with Crippen LogP contribution in [0.3, 0.4) is 0 Å². The summed E-state index contributed by atoms with van der Waals surface area (Å²) in [6.07, 6.45) is 0.202. The molecular weight excluding hydrogens is 668 g/mol. The van der Waals surface area contributed by atoms with Gasteiger partial charge >= 0.3 is 0 Å². The maximum atomic E-state index is 6.17. The highest BCUT2D eigenvalue weighted by molar-refractivity contribution is 5.43. The van der Waals surface area contributed by atoms with E-state index in [1.807, 2.05) is 69.3 Å². The van der Waals surface area contributed by atoms with E-state index in [1.54, 1.807) is 0 Å². The van der Waals surface area contributed by atoms with Gasteiger partial charge in [0, 0.05) is 10.8 Å². The largest absolute Gasteiger partial charge is 0.491 e. The normalized spacial score (nSPS) is 18.5. The standard InChI is InChI=1S/C45H56O8/c1-31(47-26-33(3)53-41-22-14-37(15-23-41)45(6,7)35-10-18-39(19-11-35)49-28-43-30-51-43)24-46-25-32(2)52-40-20-12-36(13-21-40)44(4,5)34-8-16-38(17-9-34)48-27-42-29-50-42/h8-23,31-33,42-43H,24-30H2,1-7H3. The highest BCUT2D eigenvalue weighted by atomic mass is 16.6. The zero-order chi connectivity index (χ0) is 37.4. The highest BCUT2D eigenvalue weighted by Crippen LogP contribution is 2.35. The maximum Gasteiger partial charge on any atom is 0.119 e. The van der Waals surface area contributed by atoms with Crippen LogP contribution in [0.4, 0.5) is 0 Å². The number of epoxide rings is 2. The molecule has 0 spiro atoms. The molecule has 2 heterocycles. The second kappa shape index (κ2) is 17.4. The molecule has 2 aliphatic heterocycles. The van der Waals surface area contributed by atoms with Gasteiger partial charge in [-0.2, -0.15) is 0 Å². The number of benzene rings is 4. The Hall–Kier alpha value is -4.08. The summed E-state index contributed by atoms with van der Waals surface area (Å²) in [6, 6.07) is 33.3. The quantitative estimate of drug-likeness (QED) is 0.0792. The molecule has 53 heavy (non-hydrogen) atoms. The van der Waals surface area contributed by atoms with Gasteiger partial charge in [-0.05, 0) is 91.6 Å². The van der Waals surface area contributed by atoms with Crippen molar-refractivity contribution in [2.75, 3.05) is 46.2 Å². The number of ether oxygens (including phenoxy) is 8. The molecule has 4 aromatic carbocycles. The molecule has 0 aromatic heterocycles. The van der Waals surface area contributed by atoms with Gasteiger partial charge in [-0.15, -0.1) is 0 Å². The van der Waals surface area contributed by atoms with Crippen molar-refractivity contribution < 1.29 is 37.9 Å². The van der Waals surface area contributed by atoms with Crippen molar-refractivity contribution in [3.63, 3.8) is 0 Å². The predicted octanol–water partition coefficient (Wildman–Crippen LogP) is 8.55. The molecule has 2 saturated heterocycles. The zero-order valence-electron chi connectivity index (χ0n) is 32.3. The lowest BCUT2D eigenvalue weighted by atomic mass is 9.78. The molecule has 2 aliphatic rings. The fraction of sp³-hybridized carbons (Fsp3) is 0.467. The van der Waals surface area contributed by atoms with Crippen molar-refractivity contribution in [2.24, 2.45) is 0 Å². The van der Waals surface area contributed by atoms with E-state index in [9.17, 15) is 0 Å². The minimum Gasteiger partial charge on any atom is -0.491 e. The van der Waals surface area contributed by atoms with Crippen LogP contribution in [-0.4, -0.2) is 76.8 Å². The van der Waals surface area contributed by atoms with Crippen molar-refractivity contribution in [1.82, 2.24) is 0 Å². The first-order chi connectivity index (χ1) is 25.5. The summed E-state index contributed by atoms with van der Waals surface area (Å²) in [5.41, 5.74) is 4.53. The van der Waals surface area contributed by atoms with Gasteiger partial charge in [0.25, 0.3) is 0 Å². The van der Waals surface area contributed by atoms with Crippen molar-refractivity contribution >= 4 is 0 Å². The second-order valence-electron chi connectivity index (χ2n) is 15.4. The van der Waals surface area contributed by atoms with Gasteiger partial charge in [0.1, 0.15) is 60.6 Å². The van der Waals surface area contributed by atoms with Crippen LogP contribution in [0.2, 0.25) is 0 Å². The van der Waals surface area contributed by atoms with Crippen molar-refractivity contribution in [3.8, 4) is 23.0 Å². The molecule has 0 saturated carbocycles. The Morgan fingerprint density at radius 1 is 0.491 bits per heavy atom. The van der Waals surface area contributed by atoms with Crippen LogP contribution in [0.25, 0.3) is 0 Å². The highest BCUT2D eigenvalue weighted by Gasteiger charge is 2.26. The Balaban J connectivity index is 0.871. The third kappa shape index (κ3) is 11.2. The molecule has 0 N–H and O–H groups in total. The smallest absolute Gasteiger partial charge is 0.119 e. The molecule has 2 fully saturated rings. The van der Waals surface area contributed by atoms with E-state index in [2.05, 4.69) is 76.2 Å². The van der Waals surface area contributed by atoms with Gasteiger partial charge in [-0.25, -0.2) is 0 Å². The summed E-state index contributed by atoms with van der Waals surface area (Å²) < 4.78 is 46.4. The average molecular weight is 725 g/mol. The van der Waals surface area contributed by atoms with Crippen LogP contribution >= 0.6 is 0 Å².